The van der Waals surface area contributed by atoms with E-state index in [-0.39, 0.29) is 5.92 Å². The fourth-order valence-electron chi connectivity index (χ4n) is 3.01. The number of rotatable bonds is 6. The van der Waals surface area contributed by atoms with Crippen molar-refractivity contribution in [1.29, 1.82) is 0 Å². The lowest BCUT2D eigenvalue weighted by Gasteiger charge is -2.06. The van der Waals surface area contributed by atoms with Crippen LogP contribution in [0.1, 0.15) is 49.9 Å². The molecule has 0 saturated carbocycles. The third kappa shape index (κ3) is 14.2. The molecule has 0 bridgehead atoms. The van der Waals surface area contributed by atoms with Crippen LogP contribution in [0.2, 0.25) is 0 Å². The van der Waals surface area contributed by atoms with Gasteiger partial charge in [0.1, 0.15) is 0 Å². The molecule has 0 aliphatic carbocycles. The molecule has 0 aromatic heterocycles. The number of benzene rings is 3. The van der Waals surface area contributed by atoms with Crippen LogP contribution < -0.4 is 0 Å². The lowest BCUT2D eigenvalue weighted by molar-refractivity contribution is 0.856. The molecule has 37 heavy (non-hydrogen) atoms. The van der Waals surface area contributed by atoms with Crippen LogP contribution in [0.5, 0.6) is 0 Å². The molecule has 0 spiro atoms. The van der Waals surface area contributed by atoms with E-state index >= 15 is 0 Å². The Kier molecular flexibility index (Phi) is 18.1. The van der Waals surface area contributed by atoms with Gasteiger partial charge in [0.05, 0.1) is 0 Å². The minimum Gasteiger partial charge on any atom is -0.269 e. The highest BCUT2D eigenvalue weighted by Crippen LogP contribution is 2.18. The lowest BCUT2D eigenvalue weighted by Crippen LogP contribution is -1.91. The third-order valence-electron chi connectivity index (χ3n) is 5.59. The van der Waals surface area contributed by atoms with Gasteiger partial charge in [-0.15, -0.1) is 13.2 Å². The fourth-order valence-corrected chi connectivity index (χ4v) is 3.01. The van der Waals surface area contributed by atoms with Gasteiger partial charge in [0.15, 0.2) is 0 Å². The minimum atomic E-state index is 0.214. The average molecular weight is 492 g/mol. The van der Waals surface area contributed by atoms with Gasteiger partial charge in [0.2, 0.25) is 0 Å². The highest BCUT2D eigenvalue weighted by molar-refractivity contribution is 5.73. The van der Waals surface area contributed by atoms with Crippen LogP contribution >= 0.6 is 0 Å². The standard InChI is InChI=1S/C16H19N.C11H14.C7H8.C2H4/c1-5-15(16-9-7-6-8-10-16)12-11-13(2)14(3)17-4;1-4-10(3)11-7-5-9(2)6-8-11;1-7-5-3-2-4-6-7;1-2/h5-13H,3-4H2,1-2H3;4-8H,1-3H3;2-6H,1H3;1-2H2/b12-11-,15-5+;10-4+;;/t13-;;;/m0.../s1. The van der Waals surface area contributed by atoms with Crippen LogP contribution in [0.3, 0.4) is 0 Å². The van der Waals surface area contributed by atoms with Gasteiger partial charge in [0, 0.05) is 11.6 Å². The summed E-state index contributed by atoms with van der Waals surface area (Å²) in [5.41, 5.74) is 8.51. The van der Waals surface area contributed by atoms with Gasteiger partial charge in [-0.05, 0) is 63.6 Å². The Hall–Kier alpha value is -3.97. The maximum atomic E-state index is 3.85. The number of aryl methyl sites for hydroxylation is 2. The second-order valence-electron chi connectivity index (χ2n) is 8.40. The zero-order valence-corrected chi connectivity index (χ0v) is 23.7. The van der Waals surface area contributed by atoms with Crippen LogP contribution in [0.15, 0.2) is 140 Å². The molecule has 3 rings (SSSR count). The Morgan fingerprint density at radius 3 is 1.62 bits per heavy atom. The molecule has 194 valence electrons. The molecular weight excluding hydrogens is 446 g/mol. The van der Waals surface area contributed by atoms with E-state index in [0.717, 1.165) is 5.70 Å². The van der Waals surface area contributed by atoms with Crippen molar-refractivity contribution in [2.75, 3.05) is 0 Å². The van der Waals surface area contributed by atoms with Crippen LogP contribution in [0, 0.1) is 19.8 Å². The molecule has 0 saturated heterocycles. The number of allylic oxidation sites excluding steroid dienone is 6. The maximum absolute atomic E-state index is 3.85. The van der Waals surface area contributed by atoms with Crippen molar-refractivity contribution in [3.63, 3.8) is 0 Å². The molecule has 0 fully saturated rings. The van der Waals surface area contributed by atoms with Gasteiger partial charge in [-0.3, -0.25) is 4.99 Å². The van der Waals surface area contributed by atoms with Crippen LogP contribution in [0.4, 0.5) is 0 Å². The van der Waals surface area contributed by atoms with E-state index in [1.807, 2.05) is 43.3 Å². The second kappa shape index (κ2) is 20.2. The molecule has 0 N–H and O–H groups in total. The number of hydrogen-bond donors (Lipinski definition) is 0. The molecule has 1 atom stereocenters. The molecule has 1 nitrogen and oxygen atoms in total. The first-order valence-electron chi connectivity index (χ1n) is 12.6. The molecule has 0 aliphatic rings. The second-order valence-corrected chi connectivity index (χ2v) is 8.40. The van der Waals surface area contributed by atoms with E-state index in [0.29, 0.717) is 0 Å². The summed E-state index contributed by atoms with van der Waals surface area (Å²) in [5.74, 6) is 0.214. The third-order valence-corrected chi connectivity index (χ3v) is 5.59. The van der Waals surface area contributed by atoms with Gasteiger partial charge in [-0.25, -0.2) is 0 Å². The lowest BCUT2D eigenvalue weighted by atomic mass is 10.0. The summed E-state index contributed by atoms with van der Waals surface area (Å²) in [6, 6.07) is 29.2. The van der Waals surface area contributed by atoms with E-state index in [9.17, 15) is 0 Å². The Morgan fingerprint density at radius 1 is 0.730 bits per heavy atom. The van der Waals surface area contributed by atoms with Gasteiger partial charge in [0.25, 0.3) is 0 Å². The Bertz CT molecular complexity index is 1110. The van der Waals surface area contributed by atoms with Crippen molar-refractivity contribution < 1.29 is 0 Å². The highest BCUT2D eigenvalue weighted by Gasteiger charge is 2.01. The van der Waals surface area contributed by atoms with E-state index in [1.165, 1.54) is 33.4 Å². The summed E-state index contributed by atoms with van der Waals surface area (Å²) in [6.07, 6.45) is 8.43. The van der Waals surface area contributed by atoms with Gasteiger partial charge < -0.3 is 0 Å². The first kappa shape index (κ1) is 33.0. The minimum absolute atomic E-state index is 0.214. The molecule has 3 aromatic carbocycles. The van der Waals surface area contributed by atoms with Crippen LogP contribution in [-0.2, 0) is 0 Å². The Labute approximate surface area is 227 Å². The SMILES string of the molecule is C/C=C(\C)c1ccc(C)cc1.C=C.C=NC(=C)[C@@H](C)/C=C\C(=C/C)c1ccccc1.Cc1ccccc1. The molecule has 0 aliphatic heterocycles. The van der Waals surface area contributed by atoms with Crippen molar-refractivity contribution in [1.82, 2.24) is 0 Å². The van der Waals surface area contributed by atoms with E-state index in [4.69, 9.17) is 0 Å². The molecule has 0 amide bonds. The van der Waals surface area contributed by atoms with Crippen molar-refractivity contribution in [3.8, 4) is 0 Å². The smallest absolute Gasteiger partial charge is 0.0390 e. The summed E-state index contributed by atoms with van der Waals surface area (Å²) in [7, 11) is 0. The summed E-state index contributed by atoms with van der Waals surface area (Å²) in [6.45, 7) is 25.8. The predicted octanol–water partition coefficient (Wildman–Crippen LogP) is 10.7. The summed E-state index contributed by atoms with van der Waals surface area (Å²) in [5, 5.41) is 0. The molecule has 0 heterocycles. The van der Waals surface area contributed by atoms with Gasteiger partial charge in [-0.2, -0.15) is 0 Å². The zero-order valence-electron chi connectivity index (χ0n) is 23.7. The zero-order chi connectivity index (χ0) is 28.1. The number of aliphatic imine (C=N–C) groups is 1. The van der Waals surface area contributed by atoms with E-state index in [1.54, 1.807) is 0 Å². The van der Waals surface area contributed by atoms with Crippen LogP contribution in [0.25, 0.3) is 11.1 Å². The van der Waals surface area contributed by atoms with Crippen molar-refractivity contribution in [2.24, 2.45) is 10.9 Å². The predicted molar refractivity (Wildman–Crippen MR) is 170 cm³/mol. The van der Waals surface area contributed by atoms with Crippen molar-refractivity contribution in [2.45, 2.75) is 41.5 Å². The van der Waals surface area contributed by atoms with Gasteiger partial charge >= 0.3 is 0 Å². The number of hydrogen-bond acceptors (Lipinski definition) is 1. The summed E-state index contributed by atoms with van der Waals surface area (Å²) < 4.78 is 0. The van der Waals surface area contributed by atoms with Crippen LogP contribution in [-0.4, -0.2) is 6.72 Å². The molecule has 0 unspecified atom stereocenters. The topological polar surface area (TPSA) is 12.4 Å². The van der Waals surface area contributed by atoms with Crippen molar-refractivity contribution >= 4 is 17.9 Å². The molecule has 0 radical (unpaired) electrons. The highest BCUT2D eigenvalue weighted by atomic mass is 14.7. The quantitative estimate of drug-likeness (QED) is 0.185. The van der Waals surface area contributed by atoms with Crippen molar-refractivity contribution in [3.05, 3.63) is 157 Å². The molecule has 3 aromatic rings. The number of nitrogens with zero attached hydrogens (tertiary/aromatic N) is 1. The Balaban J connectivity index is 0.000000553. The first-order valence-corrected chi connectivity index (χ1v) is 12.6. The fraction of sp³-hybridized carbons (Fsp3) is 0.194. The van der Waals surface area contributed by atoms with E-state index < -0.39 is 0 Å². The van der Waals surface area contributed by atoms with E-state index in [2.05, 4.69) is 139 Å². The molecule has 1 heteroatoms. The first-order chi connectivity index (χ1) is 17.8. The van der Waals surface area contributed by atoms with Gasteiger partial charge in [-0.1, -0.05) is 134 Å². The summed E-state index contributed by atoms with van der Waals surface area (Å²) in [4.78, 5) is 3.85. The normalized spacial score (nSPS) is 11.5. The average Bonchev–Trinajstić information content (AvgIpc) is 2.95. The summed E-state index contributed by atoms with van der Waals surface area (Å²) >= 11 is 0. The largest absolute Gasteiger partial charge is 0.269 e. The molecular formula is C36H45N. The maximum Gasteiger partial charge on any atom is 0.0390 e. The Morgan fingerprint density at radius 2 is 1.22 bits per heavy atom. The monoisotopic (exact) mass is 491 g/mol.